The number of aliphatic hydroxyl groups is 1. The van der Waals surface area contributed by atoms with Crippen LogP contribution in [-0.2, 0) is 89.4 Å². The number of nitrogens with one attached hydrogen (secondary N) is 1. The van der Waals surface area contributed by atoms with Gasteiger partial charge in [0, 0.05) is 75.8 Å². The SMILES string of the molecule is CC.CC.CC.CC.CC.CC.CC(=O)NCC1=Cc2ccccc2C(S(C)(=O)=O)[C@@H]1C(F)(F)F.CC(C)(C[C@H]1CC(S(C)(=O)=O)c2ccccc2O1)C(=O)O.CS(=O)(=O)C1CC(CCC(=O)O)=Cc2ccccc21.CS(=O)(=O)C1C[C@H](CC(=O)O)Cc2ccccc21.CS(=O)(=O)C1c2ccccc2C=C(CO)[C@H]1C(F)(F)F.C[C@@H]1C(CC(C)(C)C(=O)O)=Cc2ccccc2C1S(C)(=O)=O. The molecule has 6 aliphatic rings. The molecule has 1 aliphatic heterocycles. The number of aliphatic carboxylic acids is 4. The van der Waals surface area contributed by atoms with E-state index < -0.39 is 168 Å². The molecule has 0 saturated carbocycles. The third-order valence-corrected chi connectivity index (χ3v) is 30.9. The first-order chi connectivity index (χ1) is 62.6. The van der Waals surface area contributed by atoms with Crippen LogP contribution in [-0.4, -0.2) is 175 Å². The van der Waals surface area contributed by atoms with E-state index in [0.29, 0.717) is 54.5 Å². The summed E-state index contributed by atoms with van der Waals surface area (Å²) in [5.41, 5.74) is 6.26. The highest BCUT2D eigenvalue weighted by Gasteiger charge is 2.55. The third kappa shape index (κ3) is 36.5. The molecule has 11 atom stereocenters. The first-order valence-corrected chi connectivity index (χ1v) is 56.3. The van der Waals surface area contributed by atoms with E-state index in [-0.39, 0.29) is 66.3 Å². The fourth-order valence-corrected chi connectivity index (χ4v) is 24.5. The average molecular weight is 2020 g/mol. The molecule has 0 fully saturated rings. The molecule has 5 aliphatic carbocycles. The van der Waals surface area contributed by atoms with Crippen molar-refractivity contribution in [3.8, 4) is 5.75 Å². The molecule has 36 heteroatoms. The molecule has 0 radical (unpaired) electrons. The van der Waals surface area contributed by atoms with Gasteiger partial charge < -0.3 is 35.6 Å². The molecule has 756 valence electrons. The van der Waals surface area contributed by atoms with Crippen molar-refractivity contribution >= 4 is 113 Å². The summed E-state index contributed by atoms with van der Waals surface area (Å²) in [7, 11) is -21.0. The lowest BCUT2D eigenvalue weighted by Crippen LogP contribution is -2.40. The molecule has 6 N–H and O–H groups in total. The molecule has 12 rings (SSSR count). The number of para-hydroxylation sites is 1. The van der Waals surface area contributed by atoms with Gasteiger partial charge in [-0.15, -0.1) is 0 Å². The fourth-order valence-electron chi connectivity index (χ4n) is 16.2. The summed E-state index contributed by atoms with van der Waals surface area (Å²) in [6.45, 7) is 32.4. The number of halogens is 6. The van der Waals surface area contributed by atoms with Crippen LogP contribution in [0.1, 0.15) is 269 Å². The monoisotopic (exact) mass is 2020 g/mol. The molecule has 6 unspecified atom stereocenters. The molecule has 0 aromatic heterocycles. The second kappa shape index (κ2) is 54.1. The zero-order valence-corrected chi connectivity index (χ0v) is 86.5. The average Bonchev–Trinajstić information content (AvgIpc) is 0.735. The van der Waals surface area contributed by atoms with Crippen LogP contribution >= 0.6 is 0 Å². The van der Waals surface area contributed by atoms with Crippen molar-refractivity contribution in [2.45, 2.75) is 232 Å². The molecule has 1 amide bonds. The van der Waals surface area contributed by atoms with Gasteiger partial charge in [0.2, 0.25) is 5.91 Å². The number of hydrogen-bond acceptors (Lipinski definition) is 19. The topological polar surface area (TPSA) is 413 Å². The summed E-state index contributed by atoms with van der Waals surface area (Å²) in [4.78, 5) is 55.1. The van der Waals surface area contributed by atoms with E-state index in [2.05, 4.69) is 5.32 Å². The Bertz CT molecular complexity index is 5810. The summed E-state index contributed by atoms with van der Waals surface area (Å²) in [6, 6.07) is 41.4. The minimum Gasteiger partial charge on any atom is -0.490 e. The maximum Gasteiger partial charge on any atom is 0.397 e. The first-order valence-electron chi connectivity index (χ1n) is 44.6. The predicted molar refractivity (Wildman–Crippen MR) is 525 cm³/mol. The van der Waals surface area contributed by atoms with Crippen LogP contribution in [0.25, 0.3) is 24.3 Å². The van der Waals surface area contributed by atoms with Crippen LogP contribution in [0.2, 0.25) is 0 Å². The van der Waals surface area contributed by atoms with Gasteiger partial charge in [0.1, 0.15) is 22.4 Å². The zero-order chi connectivity index (χ0) is 104. The molecule has 0 spiro atoms. The number of carboxylic acids is 4. The largest absolute Gasteiger partial charge is 0.490 e. The van der Waals surface area contributed by atoms with Crippen molar-refractivity contribution in [1.29, 1.82) is 0 Å². The molecular weight excluding hydrogens is 1880 g/mol. The van der Waals surface area contributed by atoms with Gasteiger partial charge in [-0.25, -0.2) is 50.5 Å². The van der Waals surface area contributed by atoms with Gasteiger partial charge in [0.25, 0.3) is 0 Å². The van der Waals surface area contributed by atoms with Crippen molar-refractivity contribution < 1.29 is 131 Å². The molecule has 0 saturated heterocycles. The number of hydrogen-bond donors (Lipinski definition) is 6. The Balaban J connectivity index is 0.000000792. The van der Waals surface area contributed by atoms with Gasteiger partial charge >= 0.3 is 36.2 Å². The van der Waals surface area contributed by atoms with Crippen molar-refractivity contribution in [2.75, 3.05) is 50.7 Å². The Labute approximate surface area is 796 Å². The quantitative estimate of drug-likeness (QED) is 0.0387. The van der Waals surface area contributed by atoms with Crippen LogP contribution < -0.4 is 10.1 Å². The highest BCUT2D eigenvalue weighted by atomic mass is 32.2. The van der Waals surface area contributed by atoms with Gasteiger partial charge in [0.15, 0.2) is 59.0 Å². The molecule has 1 heterocycles. The predicted octanol–water partition coefficient (Wildman–Crippen LogP) is 20.9. The van der Waals surface area contributed by atoms with Crippen LogP contribution in [0.3, 0.4) is 0 Å². The molecule has 0 bridgehead atoms. The second-order valence-corrected chi connectivity index (χ2v) is 46.2. The number of allylic oxidation sites excluding steroid dienone is 2. The number of alkyl halides is 6. The van der Waals surface area contributed by atoms with E-state index in [1.165, 1.54) is 74.4 Å². The number of carbonyl (C=O) groups is 5. The van der Waals surface area contributed by atoms with E-state index in [1.54, 1.807) is 70.2 Å². The number of amides is 1. The Morgan fingerprint density at radius 1 is 0.415 bits per heavy atom. The Hall–Kier alpha value is -9.33. The molecule has 6 aromatic rings. The molecule has 24 nitrogen and oxygen atoms in total. The highest BCUT2D eigenvalue weighted by Crippen LogP contribution is 2.53. The maximum atomic E-state index is 13.6. The minimum atomic E-state index is -4.74. The summed E-state index contributed by atoms with van der Waals surface area (Å²) < 4.78 is 230. The third-order valence-electron chi connectivity index (χ3n) is 22.0. The number of ether oxygens (including phenoxy) is 1. The Morgan fingerprint density at radius 3 is 1.16 bits per heavy atom. The maximum absolute atomic E-state index is 13.6. The zero-order valence-electron chi connectivity index (χ0n) is 81.6. The van der Waals surface area contributed by atoms with Crippen LogP contribution in [0, 0.1) is 34.5 Å². The minimum absolute atomic E-state index is 0.0281. The lowest BCUT2D eigenvalue weighted by Gasteiger charge is -2.34. The molecule has 135 heavy (non-hydrogen) atoms. The van der Waals surface area contributed by atoms with Crippen molar-refractivity contribution in [3.05, 3.63) is 229 Å². The first kappa shape index (κ1) is 124. The lowest BCUT2D eigenvalue weighted by atomic mass is 9.76. The van der Waals surface area contributed by atoms with Gasteiger partial charge in [-0.2, -0.15) is 26.3 Å². The van der Waals surface area contributed by atoms with E-state index in [1.807, 2.05) is 175 Å². The smallest absolute Gasteiger partial charge is 0.397 e. The summed E-state index contributed by atoms with van der Waals surface area (Å²) in [5, 5.41) is 41.8. The van der Waals surface area contributed by atoms with Gasteiger partial charge in [-0.1, -0.05) is 265 Å². The van der Waals surface area contributed by atoms with E-state index >= 15 is 0 Å². The fraction of sp³-hybridized carbons (Fsp3) is 0.505. The van der Waals surface area contributed by atoms with Crippen LogP contribution in [0.5, 0.6) is 5.75 Å². The number of fused-ring (bicyclic) bond motifs is 6. The number of carboxylic acid groups (broad SMARTS) is 4. The number of sulfone groups is 6. The summed E-state index contributed by atoms with van der Waals surface area (Å²) in [6.07, 6.45) is 5.77. The van der Waals surface area contributed by atoms with Gasteiger partial charge in [-0.3, -0.25) is 24.0 Å². The normalized spacial score (nSPS) is 20.1. The van der Waals surface area contributed by atoms with E-state index in [0.717, 1.165) is 57.0 Å². The van der Waals surface area contributed by atoms with Crippen molar-refractivity contribution in [2.24, 2.45) is 34.5 Å². The molecular formula is C99H139F6NO23S6. The molecule has 6 aromatic carbocycles. The van der Waals surface area contributed by atoms with Crippen molar-refractivity contribution in [1.82, 2.24) is 5.32 Å². The standard InChI is InChI=1S/C17H22O4S.C15H16F3NO3S.C15H20O5S.C14H16O4S.C13H13F3O3S.C13H16O4S.6C2H6/c1-11-13(10-17(2,3)16(18)19)9-12-7-5-6-8-14(12)15(11)22(4,20)21;1-9(20)19-8-11-7-10-5-3-4-6-12(10)14(23(2,21)22)13(11)15(16,17)18;1-15(2,14(16)17)9-10-8-13(21(3,18)19)11-6-4-5-7-12(11)20-10;1-19(17,18)13-9-10(6-7-14(15)16)8-11-4-2-3-5-12(11)13;1-20(18,19)12-10-5-3-2-4-8(10)6-9(7-17)11(12)13(14,15)16;1-18(16,17)12-7-9(8-13(14)15)6-10-4-2-3-5-11(10)12;6*1-2/h5-9,11,15H,10H2,1-4H3,(H,18,19);3-7,13-14H,8H2,1-2H3,(H,19,20);4-7,10,13H,8-9H2,1-3H3,(H,16,17);2-5,8,13H,6-7,9H2,1H3,(H,15,16);2-6,11-12,17H,7H2,1H3;2-5,9,12H,6-8H2,1H3,(H,14,15);6*1-2H3/t11-,15?;13-,14?;10-,13?;;11-,12?;9-,12?;;;;;;/m111.11....../s1. The number of rotatable bonds is 20. The van der Waals surface area contributed by atoms with E-state index in [4.69, 9.17) is 14.9 Å². The highest BCUT2D eigenvalue weighted by molar-refractivity contribution is 7.92. The Morgan fingerprint density at radius 2 is 0.770 bits per heavy atom. The van der Waals surface area contributed by atoms with E-state index in [9.17, 15) is 116 Å². The van der Waals surface area contributed by atoms with Crippen molar-refractivity contribution in [3.63, 3.8) is 0 Å². The van der Waals surface area contributed by atoms with Gasteiger partial charge in [0.05, 0.1) is 50.3 Å². The number of aliphatic hydroxyl groups excluding tert-OH is 1. The van der Waals surface area contributed by atoms with Gasteiger partial charge in [-0.05, 0) is 151 Å². The summed E-state index contributed by atoms with van der Waals surface area (Å²) in [5.74, 6) is -8.21. The lowest BCUT2D eigenvalue weighted by molar-refractivity contribution is -0.166. The Kier molecular flexibility index (Phi) is 49.6. The second-order valence-electron chi connectivity index (χ2n) is 33.0. The van der Waals surface area contributed by atoms with Crippen LogP contribution in [0.4, 0.5) is 26.3 Å². The number of benzene rings is 6. The number of carbonyl (C=O) groups excluding carboxylic acids is 1. The van der Waals surface area contributed by atoms with Crippen LogP contribution in [0.15, 0.2) is 168 Å². The summed E-state index contributed by atoms with van der Waals surface area (Å²) >= 11 is 0.